The zero-order valence-corrected chi connectivity index (χ0v) is 12.1. The van der Waals surface area contributed by atoms with E-state index in [9.17, 15) is 9.59 Å². The largest absolute Gasteiger partial charge is 0.384 e. The topological polar surface area (TPSA) is 88.3 Å². The number of nitrogens with two attached hydrogens (primary N) is 1. The van der Waals surface area contributed by atoms with Crippen LogP contribution in [0.4, 0.5) is 10.6 Å². The molecule has 1 aliphatic carbocycles. The van der Waals surface area contributed by atoms with Gasteiger partial charge in [-0.15, -0.1) is 0 Å². The number of amides is 3. The number of nitrogens with zero attached hydrogens (tertiary/aromatic N) is 2. The summed E-state index contributed by atoms with van der Waals surface area (Å²) in [6.07, 6.45) is 4.99. The van der Waals surface area contributed by atoms with Crippen LogP contribution in [0.2, 0.25) is 0 Å². The van der Waals surface area contributed by atoms with Crippen LogP contribution in [0.5, 0.6) is 0 Å². The molecule has 6 heteroatoms. The number of imide groups is 1. The fourth-order valence-corrected chi connectivity index (χ4v) is 3.19. The molecule has 3 rings (SSSR count). The third-order valence-corrected chi connectivity index (χ3v) is 4.56. The van der Waals surface area contributed by atoms with Crippen molar-refractivity contribution >= 4 is 17.8 Å². The lowest BCUT2D eigenvalue weighted by atomic mass is 9.77. The van der Waals surface area contributed by atoms with Crippen LogP contribution in [0.1, 0.15) is 38.2 Å². The number of hydrogen-bond acceptors (Lipinski definition) is 4. The number of nitrogen functional groups attached to an aromatic ring is 1. The summed E-state index contributed by atoms with van der Waals surface area (Å²) in [5.41, 5.74) is 5.77. The number of hydrogen-bond donors (Lipinski definition) is 2. The Labute approximate surface area is 123 Å². The third kappa shape index (κ3) is 2.46. The summed E-state index contributed by atoms with van der Waals surface area (Å²) in [4.78, 5) is 30.1. The molecule has 0 atom stereocenters. The average Bonchev–Trinajstić information content (AvgIpc) is 2.67. The molecule has 2 aliphatic rings. The van der Waals surface area contributed by atoms with Gasteiger partial charge in [0.15, 0.2) is 0 Å². The second kappa shape index (κ2) is 5.02. The number of aromatic nitrogens is 1. The van der Waals surface area contributed by atoms with Gasteiger partial charge in [0.1, 0.15) is 11.4 Å². The third-order valence-electron chi connectivity index (χ3n) is 4.56. The van der Waals surface area contributed by atoms with Crippen molar-refractivity contribution in [1.29, 1.82) is 0 Å². The molecule has 1 aromatic heterocycles. The fourth-order valence-electron chi connectivity index (χ4n) is 3.19. The lowest BCUT2D eigenvalue weighted by Gasteiger charge is -2.33. The van der Waals surface area contributed by atoms with Gasteiger partial charge >= 0.3 is 6.03 Å². The van der Waals surface area contributed by atoms with Crippen LogP contribution in [0, 0.1) is 5.92 Å². The summed E-state index contributed by atoms with van der Waals surface area (Å²) < 4.78 is 0. The molecular formula is C15H20N4O2. The molecular weight excluding hydrogens is 268 g/mol. The number of nitrogens with one attached hydrogen (secondary N) is 1. The number of carbonyl (C=O) groups is 2. The first kappa shape index (κ1) is 13.9. The molecule has 2 heterocycles. The second-order valence-corrected chi connectivity index (χ2v) is 6.18. The number of pyridine rings is 1. The first-order chi connectivity index (χ1) is 10.00. The van der Waals surface area contributed by atoms with E-state index in [2.05, 4.69) is 17.2 Å². The molecule has 1 aromatic rings. The Hall–Kier alpha value is -2.11. The summed E-state index contributed by atoms with van der Waals surface area (Å²) in [6, 6.07) is 3.16. The van der Waals surface area contributed by atoms with Gasteiger partial charge in [0.25, 0.3) is 5.91 Å². The van der Waals surface area contributed by atoms with E-state index in [1.54, 1.807) is 18.3 Å². The minimum absolute atomic E-state index is 0.102. The molecule has 112 valence electrons. The normalized spacial score (nSPS) is 29.0. The maximum atomic E-state index is 12.7. The van der Waals surface area contributed by atoms with Crippen LogP contribution in [0.3, 0.4) is 0 Å². The van der Waals surface area contributed by atoms with E-state index in [-0.39, 0.29) is 18.5 Å². The number of urea groups is 1. The quantitative estimate of drug-likeness (QED) is 0.810. The van der Waals surface area contributed by atoms with E-state index in [0.717, 1.165) is 31.2 Å². The van der Waals surface area contributed by atoms with E-state index < -0.39 is 5.54 Å². The van der Waals surface area contributed by atoms with Crippen molar-refractivity contribution < 1.29 is 9.59 Å². The van der Waals surface area contributed by atoms with Crippen molar-refractivity contribution in [2.75, 3.05) is 5.73 Å². The molecule has 1 saturated heterocycles. The predicted molar refractivity (Wildman–Crippen MR) is 78.1 cm³/mol. The summed E-state index contributed by atoms with van der Waals surface area (Å²) in [7, 11) is 0. The van der Waals surface area contributed by atoms with Gasteiger partial charge in [-0.25, -0.2) is 9.78 Å². The van der Waals surface area contributed by atoms with Crippen molar-refractivity contribution in [2.24, 2.45) is 5.92 Å². The molecule has 1 spiro atoms. The number of carbonyl (C=O) groups excluding carboxylic acids is 2. The van der Waals surface area contributed by atoms with Crippen molar-refractivity contribution in [3.8, 4) is 0 Å². The molecule has 1 saturated carbocycles. The minimum atomic E-state index is -0.678. The molecule has 0 bridgehead atoms. The zero-order valence-electron chi connectivity index (χ0n) is 12.1. The Bertz CT molecular complexity index is 579. The zero-order chi connectivity index (χ0) is 15.0. The second-order valence-electron chi connectivity index (χ2n) is 6.18. The molecule has 2 fully saturated rings. The maximum Gasteiger partial charge on any atom is 0.325 e. The van der Waals surface area contributed by atoms with E-state index in [1.165, 1.54) is 4.90 Å². The van der Waals surface area contributed by atoms with Gasteiger partial charge in [-0.05, 0) is 49.3 Å². The van der Waals surface area contributed by atoms with Crippen LogP contribution in [0.15, 0.2) is 18.3 Å². The smallest absolute Gasteiger partial charge is 0.325 e. The highest BCUT2D eigenvalue weighted by Gasteiger charge is 2.51. The Balaban J connectivity index is 1.78. The Morgan fingerprint density at radius 3 is 2.81 bits per heavy atom. The lowest BCUT2D eigenvalue weighted by molar-refractivity contribution is -0.133. The molecule has 1 aliphatic heterocycles. The van der Waals surface area contributed by atoms with Crippen LogP contribution in [0.25, 0.3) is 0 Å². The Kier molecular flexibility index (Phi) is 3.31. The van der Waals surface area contributed by atoms with Crippen LogP contribution in [-0.4, -0.2) is 27.4 Å². The van der Waals surface area contributed by atoms with Gasteiger partial charge in [-0.3, -0.25) is 9.69 Å². The molecule has 0 radical (unpaired) electrons. The number of rotatable bonds is 2. The molecule has 3 N–H and O–H groups in total. The highest BCUT2D eigenvalue weighted by Crippen LogP contribution is 2.36. The van der Waals surface area contributed by atoms with Gasteiger partial charge in [0.05, 0.1) is 6.54 Å². The highest BCUT2D eigenvalue weighted by atomic mass is 16.2. The van der Waals surface area contributed by atoms with E-state index in [0.29, 0.717) is 11.7 Å². The predicted octanol–water partition coefficient (Wildman–Crippen LogP) is 1.66. The van der Waals surface area contributed by atoms with E-state index in [4.69, 9.17) is 5.73 Å². The molecule has 21 heavy (non-hydrogen) atoms. The van der Waals surface area contributed by atoms with Gasteiger partial charge < -0.3 is 11.1 Å². The highest BCUT2D eigenvalue weighted by molar-refractivity contribution is 6.07. The van der Waals surface area contributed by atoms with Gasteiger partial charge in [0, 0.05) is 6.20 Å². The van der Waals surface area contributed by atoms with Gasteiger partial charge in [0.2, 0.25) is 0 Å². The summed E-state index contributed by atoms with van der Waals surface area (Å²) in [6.45, 7) is 2.43. The Morgan fingerprint density at radius 2 is 2.14 bits per heavy atom. The maximum absolute atomic E-state index is 12.7. The van der Waals surface area contributed by atoms with E-state index >= 15 is 0 Å². The SMILES string of the molecule is CC1CCC2(CC1)NC(=O)N(Cc1ccnc(N)c1)C2=O. The van der Waals surface area contributed by atoms with Crippen molar-refractivity contribution in [3.05, 3.63) is 23.9 Å². The minimum Gasteiger partial charge on any atom is -0.384 e. The van der Waals surface area contributed by atoms with Crippen molar-refractivity contribution in [3.63, 3.8) is 0 Å². The molecule has 3 amide bonds. The Morgan fingerprint density at radius 1 is 1.43 bits per heavy atom. The summed E-state index contributed by atoms with van der Waals surface area (Å²) >= 11 is 0. The average molecular weight is 288 g/mol. The summed E-state index contributed by atoms with van der Waals surface area (Å²) in [5.74, 6) is 0.907. The van der Waals surface area contributed by atoms with Crippen LogP contribution >= 0.6 is 0 Å². The van der Waals surface area contributed by atoms with Crippen LogP contribution < -0.4 is 11.1 Å². The molecule has 6 nitrogen and oxygen atoms in total. The van der Waals surface area contributed by atoms with Crippen molar-refractivity contribution in [1.82, 2.24) is 15.2 Å². The van der Waals surface area contributed by atoms with Gasteiger partial charge in [-0.1, -0.05) is 6.92 Å². The fraction of sp³-hybridized carbons (Fsp3) is 0.533. The van der Waals surface area contributed by atoms with E-state index in [1.807, 2.05) is 0 Å². The molecule has 0 unspecified atom stereocenters. The standard InChI is InChI=1S/C15H20N4O2/c1-10-2-5-15(6-3-10)13(20)19(14(21)18-15)9-11-4-7-17-12(16)8-11/h4,7-8,10H,2-3,5-6,9H2,1H3,(H2,16,17)(H,18,21). The van der Waals surface area contributed by atoms with Crippen LogP contribution in [-0.2, 0) is 11.3 Å². The van der Waals surface area contributed by atoms with Gasteiger partial charge in [-0.2, -0.15) is 0 Å². The number of anilines is 1. The lowest BCUT2D eigenvalue weighted by Crippen LogP contribution is -2.49. The van der Waals surface area contributed by atoms with Crippen molar-refractivity contribution in [2.45, 2.75) is 44.7 Å². The first-order valence-electron chi connectivity index (χ1n) is 7.35. The first-order valence-corrected chi connectivity index (χ1v) is 7.35. The monoisotopic (exact) mass is 288 g/mol. The molecule has 0 aromatic carbocycles. The summed E-state index contributed by atoms with van der Waals surface area (Å²) in [5, 5.41) is 2.92.